The van der Waals surface area contributed by atoms with E-state index in [9.17, 15) is 4.79 Å². The Kier molecular flexibility index (Phi) is 3.29. The molecule has 108 valence electrons. The molecule has 0 N–H and O–H groups in total. The van der Waals surface area contributed by atoms with Gasteiger partial charge in [0.15, 0.2) is 0 Å². The van der Waals surface area contributed by atoms with E-state index >= 15 is 0 Å². The number of imidazole rings is 1. The molecule has 3 rings (SSSR count). The van der Waals surface area contributed by atoms with Crippen LogP contribution in [0.25, 0.3) is 22.2 Å². The van der Waals surface area contributed by atoms with Crippen molar-refractivity contribution in [1.82, 2.24) is 9.13 Å². The minimum Gasteiger partial charge on any atom is -0.497 e. The first-order valence-electron chi connectivity index (χ1n) is 6.99. The van der Waals surface area contributed by atoms with Crippen LogP contribution in [0.15, 0.2) is 47.3 Å². The molecule has 0 saturated heterocycles. The molecule has 0 atom stereocenters. The second-order valence-corrected chi connectivity index (χ2v) is 5.02. The predicted octanol–water partition coefficient (Wildman–Crippen LogP) is 3.04. The van der Waals surface area contributed by atoms with Crippen molar-refractivity contribution >= 4 is 11.0 Å². The highest BCUT2D eigenvalue weighted by Crippen LogP contribution is 2.25. The molecular formula is C17H18N2O2. The van der Waals surface area contributed by atoms with E-state index in [0.717, 1.165) is 27.9 Å². The lowest BCUT2D eigenvalue weighted by Crippen LogP contribution is -2.21. The number of nitrogens with zero attached hydrogens (tertiary/aromatic N) is 2. The van der Waals surface area contributed by atoms with Gasteiger partial charge in [0.1, 0.15) is 5.75 Å². The topological polar surface area (TPSA) is 36.2 Å². The van der Waals surface area contributed by atoms with Gasteiger partial charge in [-0.2, -0.15) is 0 Å². The van der Waals surface area contributed by atoms with Crippen molar-refractivity contribution in [3.05, 3.63) is 52.9 Å². The Bertz CT molecular complexity index is 842. The Morgan fingerprint density at radius 2 is 1.67 bits per heavy atom. The minimum absolute atomic E-state index is 0.0272. The molecule has 0 unspecified atom stereocenters. The normalized spacial score (nSPS) is 11.0. The van der Waals surface area contributed by atoms with Crippen LogP contribution in [0.1, 0.15) is 6.92 Å². The number of aromatic nitrogens is 2. The summed E-state index contributed by atoms with van der Waals surface area (Å²) >= 11 is 0. The average Bonchev–Trinajstić information content (AvgIpc) is 2.78. The summed E-state index contributed by atoms with van der Waals surface area (Å²) in [5.74, 6) is 0.837. The van der Waals surface area contributed by atoms with Crippen molar-refractivity contribution in [2.75, 3.05) is 7.11 Å². The van der Waals surface area contributed by atoms with Gasteiger partial charge in [-0.3, -0.25) is 9.13 Å². The van der Waals surface area contributed by atoms with Gasteiger partial charge in [-0.1, -0.05) is 18.2 Å². The summed E-state index contributed by atoms with van der Waals surface area (Å²) in [5, 5.41) is 0. The van der Waals surface area contributed by atoms with Crippen LogP contribution in [0, 0.1) is 0 Å². The first-order chi connectivity index (χ1) is 10.2. The molecular weight excluding hydrogens is 264 g/mol. The standard InChI is InChI=1S/C17H18N2O2/c1-4-19-15-10-7-13(11-16(15)18(2)17(19)20)12-5-8-14(21-3)9-6-12/h5-11H,4H2,1-3H3. The van der Waals surface area contributed by atoms with E-state index in [0.29, 0.717) is 6.54 Å². The van der Waals surface area contributed by atoms with E-state index < -0.39 is 0 Å². The Balaban J connectivity index is 2.16. The maximum Gasteiger partial charge on any atom is 0.328 e. The van der Waals surface area contributed by atoms with E-state index in [-0.39, 0.29) is 5.69 Å². The Labute approximate surface area is 123 Å². The molecule has 4 nitrogen and oxygen atoms in total. The largest absolute Gasteiger partial charge is 0.497 e. The van der Waals surface area contributed by atoms with E-state index in [1.165, 1.54) is 0 Å². The lowest BCUT2D eigenvalue weighted by Gasteiger charge is -2.05. The van der Waals surface area contributed by atoms with Crippen molar-refractivity contribution < 1.29 is 4.74 Å². The number of ether oxygens (including phenoxy) is 1. The summed E-state index contributed by atoms with van der Waals surface area (Å²) < 4.78 is 8.66. The molecule has 0 spiro atoms. The molecule has 3 aromatic rings. The number of rotatable bonds is 3. The van der Waals surface area contributed by atoms with Crippen molar-refractivity contribution in [1.29, 1.82) is 0 Å². The monoisotopic (exact) mass is 282 g/mol. The molecule has 0 amide bonds. The Morgan fingerprint density at radius 1 is 1.00 bits per heavy atom. The third kappa shape index (κ3) is 2.13. The molecule has 0 saturated carbocycles. The molecule has 2 aromatic carbocycles. The number of fused-ring (bicyclic) bond motifs is 1. The van der Waals surface area contributed by atoms with E-state index in [1.807, 2.05) is 44.3 Å². The fourth-order valence-corrected chi connectivity index (χ4v) is 2.68. The van der Waals surface area contributed by atoms with Gasteiger partial charge in [0.05, 0.1) is 18.1 Å². The van der Waals surface area contributed by atoms with E-state index in [2.05, 4.69) is 12.1 Å². The predicted molar refractivity (Wildman–Crippen MR) is 84.8 cm³/mol. The quantitative estimate of drug-likeness (QED) is 0.740. The molecule has 0 aliphatic heterocycles. The van der Waals surface area contributed by atoms with E-state index in [1.54, 1.807) is 16.2 Å². The molecule has 0 aliphatic rings. The molecule has 0 radical (unpaired) electrons. The first-order valence-corrected chi connectivity index (χ1v) is 6.99. The van der Waals surface area contributed by atoms with Crippen molar-refractivity contribution in [2.45, 2.75) is 13.5 Å². The molecule has 0 bridgehead atoms. The zero-order valence-corrected chi connectivity index (χ0v) is 12.5. The third-order valence-corrected chi connectivity index (χ3v) is 3.88. The highest BCUT2D eigenvalue weighted by molar-refractivity contribution is 5.82. The molecule has 1 aromatic heterocycles. The number of benzene rings is 2. The van der Waals surface area contributed by atoms with Crippen LogP contribution in [0.5, 0.6) is 5.75 Å². The molecule has 0 fully saturated rings. The van der Waals surface area contributed by atoms with Gasteiger partial charge in [-0.05, 0) is 42.3 Å². The van der Waals surface area contributed by atoms with Gasteiger partial charge in [0.25, 0.3) is 0 Å². The van der Waals surface area contributed by atoms with Gasteiger partial charge in [0.2, 0.25) is 0 Å². The van der Waals surface area contributed by atoms with Crippen LogP contribution < -0.4 is 10.4 Å². The van der Waals surface area contributed by atoms with Crippen LogP contribution in [-0.2, 0) is 13.6 Å². The summed E-state index contributed by atoms with van der Waals surface area (Å²) in [6.07, 6.45) is 0. The average molecular weight is 282 g/mol. The molecule has 1 heterocycles. The fraction of sp³-hybridized carbons (Fsp3) is 0.235. The zero-order valence-electron chi connectivity index (χ0n) is 12.5. The minimum atomic E-state index is 0.0272. The first kappa shape index (κ1) is 13.5. The SMILES string of the molecule is CCn1c(=O)n(C)c2cc(-c3ccc(OC)cc3)ccc21. The van der Waals surface area contributed by atoms with Crippen molar-refractivity contribution in [2.24, 2.45) is 7.05 Å². The number of methoxy groups -OCH3 is 1. The summed E-state index contributed by atoms with van der Waals surface area (Å²) in [7, 11) is 3.47. The summed E-state index contributed by atoms with van der Waals surface area (Å²) in [5.41, 5.74) is 4.15. The van der Waals surface area contributed by atoms with E-state index in [4.69, 9.17) is 4.74 Å². The van der Waals surface area contributed by atoms with Crippen molar-refractivity contribution in [3.8, 4) is 16.9 Å². The highest BCUT2D eigenvalue weighted by Gasteiger charge is 2.10. The smallest absolute Gasteiger partial charge is 0.328 e. The lowest BCUT2D eigenvalue weighted by atomic mass is 10.0. The summed E-state index contributed by atoms with van der Waals surface area (Å²) in [6.45, 7) is 2.66. The highest BCUT2D eigenvalue weighted by atomic mass is 16.5. The maximum atomic E-state index is 12.2. The third-order valence-electron chi connectivity index (χ3n) is 3.88. The van der Waals surface area contributed by atoms with Gasteiger partial charge in [-0.15, -0.1) is 0 Å². The van der Waals surface area contributed by atoms with Gasteiger partial charge in [0, 0.05) is 13.6 Å². The van der Waals surface area contributed by atoms with Gasteiger partial charge < -0.3 is 4.74 Å². The van der Waals surface area contributed by atoms with Crippen LogP contribution >= 0.6 is 0 Å². The Hall–Kier alpha value is -2.49. The second kappa shape index (κ2) is 5.13. The number of aryl methyl sites for hydroxylation is 2. The van der Waals surface area contributed by atoms with Crippen LogP contribution in [0.3, 0.4) is 0 Å². The maximum absolute atomic E-state index is 12.2. The summed E-state index contributed by atoms with van der Waals surface area (Å²) in [4.78, 5) is 12.2. The number of hydrogen-bond acceptors (Lipinski definition) is 2. The van der Waals surface area contributed by atoms with Gasteiger partial charge in [-0.25, -0.2) is 4.79 Å². The lowest BCUT2D eigenvalue weighted by molar-refractivity contribution is 0.415. The zero-order chi connectivity index (χ0) is 15.0. The fourth-order valence-electron chi connectivity index (χ4n) is 2.68. The van der Waals surface area contributed by atoms with Crippen LogP contribution in [0.2, 0.25) is 0 Å². The van der Waals surface area contributed by atoms with Crippen LogP contribution in [-0.4, -0.2) is 16.2 Å². The molecule has 21 heavy (non-hydrogen) atoms. The summed E-state index contributed by atoms with van der Waals surface area (Å²) in [6, 6.07) is 14.1. The van der Waals surface area contributed by atoms with Gasteiger partial charge >= 0.3 is 5.69 Å². The molecule has 4 heteroatoms. The number of hydrogen-bond donors (Lipinski definition) is 0. The van der Waals surface area contributed by atoms with Crippen molar-refractivity contribution in [3.63, 3.8) is 0 Å². The molecule has 0 aliphatic carbocycles. The second-order valence-electron chi connectivity index (χ2n) is 5.02. The Morgan fingerprint density at radius 3 is 2.29 bits per heavy atom. The van der Waals surface area contributed by atoms with Crippen LogP contribution in [0.4, 0.5) is 0 Å².